The number of rotatable bonds is 5. The van der Waals surface area contributed by atoms with Crippen molar-refractivity contribution in [3.63, 3.8) is 0 Å². The van der Waals surface area contributed by atoms with Gasteiger partial charge in [0.25, 0.3) is 11.1 Å². The molecule has 1 atom stereocenters. The molecule has 0 aliphatic carbocycles. The van der Waals surface area contributed by atoms with Gasteiger partial charge in [-0.05, 0) is 49.2 Å². The zero-order valence-electron chi connectivity index (χ0n) is 13.4. The third kappa shape index (κ3) is 3.82. The summed E-state index contributed by atoms with van der Waals surface area (Å²) in [5.41, 5.74) is 2.04. The SMILES string of the molecule is CCOC(=O)[C@@H](C)N1C(=O)S/C(=C/c2ccc(CC)cc2)C1=O. The van der Waals surface area contributed by atoms with E-state index in [1.807, 2.05) is 24.3 Å². The van der Waals surface area contributed by atoms with Crippen LogP contribution in [0.4, 0.5) is 4.79 Å². The van der Waals surface area contributed by atoms with Crippen molar-refractivity contribution >= 4 is 35.0 Å². The minimum absolute atomic E-state index is 0.207. The van der Waals surface area contributed by atoms with E-state index < -0.39 is 23.2 Å². The fraction of sp³-hybridized carbons (Fsp3) is 0.353. The van der Waals surface area contributed by atoms with E-state index in [9.17, 15) is 14.4 Å². The monoisotopic (exact) mass is 333 g/mol. The van der Waals surface area contributed by atoms with Crippen molar-refractivity contribution < 1.29 is 19.1 Å². The first-order valence-corrected chi connectivity index (χ1v) is 8.32. The van der Waals surface area contributed by atoms with Gasteiger partial charge >= 0.3 is 5.97 Å². The molecule has 0 spiro atoms. The average Bonchev–Trinajstić information content (AvgIpc) is 2.81. The van der Waals surface area contributed by atoms with Crippen molar-refractivity contribution in [2.24, 2.45) is 0 Å². The molecule has 1 aromatic rings. The molecule has 1 saturated heterocycles. The lowest BCUT2D eigenvalue weighted by Gasteiger charge is -2.19. The second-order valence-electron chi connectivity index (χ2n) is 5.07. The molecule has 0 unspecified atom stereocenters. The first-order valence-electron chi connectivity index (χ1n) is 7.50. The molecule has 0 aromatic heterocycles. The minimum atomic E-state index is -0.921. The van der Waals surface area contributed by atoms with Crippen LogP contribution < -0.4 is 0 Å². The summed E-state index contributed by atoms with van der Waals surface area (Å²) >= 11 is 0.841. The average molecular weight is 333 g/mol. The summed E-state index contributed by atoms with van der Waals surface area (Å²) in [5, 5.41) is -0.452. The summed E-state index contributed by atoms with van der Waals surface area (Å²) in [6.07, 6.45) is 2.61. The Bertz CT molecular complexity index is 651. The summed E-state index contributed by atoms with van der Waals surface area (Å²) in [7, 11) is 0. The Hall–Kier alpha value is -2.08. The molecule has 0 N–H and O–H groups in total. The fourth-order valence-electron chi connectivity index (χ4n) is 2.18. The Morgan fingerprint density at radius 3 is 2.48 bits per heavy atom. The van der Waals surface area contributed by atoms with Crippen LogP contribution in [0.1, 0.15) is 31.9 Å². The molecule has 1 aliphatic heterocycles. The molecule has 1 heterocycles. The van der Waals surface area contributed by atoms with Crippen molar-refractivity contribution in [1.29, 1.82) is 0 Å². The lowest BCUT2D eigenvalue weighted by molar-refractivity contribution is -0.150. The Balaban J connectivity index is 2.19. The molecule has 23 heavy (non-hydrogen) atoms. The molecule has 1 aliphatic rings. The summed E-state index contributed by atoms with van der Waals surface area (Å²) in [5.74, 6) is -1.04. The van der Waals surface area contributed by atoms with E-state index in [0.717, 1.165) is 28.6 Å². The summed E-state index contributed by atoms with van der Waals surface area (Å²) in [6.45, 7) is 5.45. The van der Waals surface area contributed by atoms with Gasteiger partial charge in [0.1, 0.15) is 6.04 Å². The van der Waals surface area contributed by atoms with Gasteiger partial charge < -0.3 is 4.74 Å². The van der Waals surface area contributed by atoms with Gasteiger partial charge in [-0.1, -0.05) is 31.2 Å². The molecule has 0 radical (unpaired) electrons. The van der Waals surface area contributed by atoms with Gasteiger partial charge in [-0.2, -0.15) is 0 Å². The molecular weight excluding hydrogens is 314 g/mol. The molecule has 0 saturated carbocycles. The number of aryl methyl sites for hydroxylation is 1. The third-order valence-electron chi connectivity index (χ3n) is 3.52. The summed E-state index contributed by atoms with van der Waals surface area (Å²) in [4.78, 5) is 37.5. The Kier molecular flexibility index (Phi) is 5.60. The molecule has 2 amide bonds. The van der Waals surface area contributed by atoms with E-state index in [1.54, 1.807) is 13.0 Å². The number of hydrogen-bond donors (Lipinski definition) is 0. The van der Waals surface area contributed by atoms with E-state index >= 15 is 0 Å². The summed E-state index contributed by atoms with van der Waals surface area (Å²) in [6, 6.07) is 6.86. The van der Waals surface area contributed by atoms with Crippen molar-refractivity contribution in [1.82, 2.24) is 4.90 Å². The van der Waals surface area contributed by atoms with Crippen molar-refractivity contribution in [3.8, 4) is 0 Å². The predicted octanol–water partition coefficient (Wildman–Crippen LogP) is 3.24. The number of ether oxygens (including phenoxy) is 1. The number of amides is 2. The Morgan fingerprint density at radius 2 is 1.91 bits per heavy atom. The van der Waals surface area contributed by atoms with Gasteiger partial charge in [0, 0.05) is 0 Å². The molecule has 1 fully saturated rings. The topological polar surface area (TPSA) is 63.7 Å². The second-order valence-corrected chi connectivity index (χ2v) is 6.07. The van der Waals surface area contributed by atoms with Gasteiger partial charge in [-0.3, -0.25) is 14.5 Å². The van der Waals surface area contributed by atoms with Gasteiger partial charge in [0.15, 0.2) is 0 Å². The quantitative estimate of drug-likeness (QED) is 0.611. The molecule has 0 bridgehead atoms. The zero-order valence-corrected chi connectivity index (χ0v) is 14.2. The smallest absolute Gasteiger partial charge is 0.329 e. The Morgan fingerprint density at radius 1 is 1.26 bits per heavy atom. The van der Waals surface area contributed by atoms with E-state index in [-0.39, 0.29) is 6.61 Å². The first kappa shape index (κ1) is 17.3. The number of esters is 1. The van der Waals surface area contributed by atoms with E-state index in [2.05, 4.69) is 6.92 Å². The van der Waals surface area contributed by atoms with E-state index in [1.165, 1.54) is 12.5 Å². The fourth-order valence-corrected chi connectivity index (χ4v) is 3.09. The lowest BCUT2D eigenvalue weighted by Crippen LogP contribution is -2.42. The van der Waals surface area contributed by atoms with Crippen molar-refractivity contribution in [2.75, 3.05) is 6.61 Å². The van der Waals surface area contributed by atoms with Gasteiger partial charge in [-0.25, -0.2) is 4.79 Å². The highest BCUT2D eigenvalue weighted by atomic mass is 32.2. The third-order valence-corrected chi connectivity index (χ3v) is 4.41. The number of carbonyl (C=O) groups excluding carboxylic acids is 3. The Labute approximate surface area is 139 Å². The van der Waals surface area contributed by atoms with Gasteiger partial charge in [0.05, 0.1) is 11.5 Å². The van der Waals surface area contributed by atoms with Crippen LogP contribution in [0, 0.1) is 0 Å². The maximum Gasteiger partial charge on any atom is 0.329 e. The molecular formula is C17H19NO4S. The van der Waals surface area contributed by atoms with Crippen LogP contribution in [0.25, 0.3) is 6.08 Å². The van der Waals surface area contributed by atoms with E-state index in [4.69, 9.17) is 4.74 Å². The van der Waals surface area contributed by atoms with Crippen LogP contribution in [0.5, 0.6) is 0 Å². The van der Waals surface area contributed by atoms with Crippen LogP contribution >= 0.6 is 11.8 Å². The van der Waals surface area contributed by atoms with Crippen LogP contribution in [-0.4, -0.2) is 34.7 Å². The van der Waals surface area contributed by atoms with Gasteiger partial charge in [0.2, 0.25) is 0 Å². The lowest BCUT2D eigenvalue weighted by atomic mass is 10.1. The van der Waals surface area contributed by atoms with Crippen LogP contribution in [-0.2, 0) is 20.7 Å². The molecule has 2 rings (SSSR count). The standard InChI is InChI=1S/C17H19NO4S/c1-4-12-6-8-13(9-7-12)10-14-15(19)18(17(21)23-14)11(3)16(20)22-5-2/h6-11H,4-5H2,1-3H3/b14-10+/t11-/m1/s1. The van der Waals surface area contributed by atoms with Crippen molar-refractivity contribution in [3.05, 3.63) is 40.3 Å². The van der Waals surface area contributed by atoms with E-state index in [0.29, 0.717) is 4.91 Å². The van der Waals surface area contributed by atoms with Crippen LogP contribution in [0.2, 0.25) is 0 Å². The van der Waals surface area contributed by atoms with Gasteiger partial charge in [-0.15, -0.1) is 0 Å². The number of imide groups is 1. The summed E-state index contributed by atoms with van der Waals surface area (Å²) < 4.78 is 4.88. The molecule has 122 valence electrons. The highest BCUT2D eigenvalue weighted by molar-refractivity contribution is 8.18. The predicted molar refractivity (Wildman–Crippen MR) is 89.7 cm³/mol. The van der Waals surface area contributed by atoms with Crippen LogP contribution in [0.3, 0.4) is 0 Å². The number of benzene rings is 1. The first-order chi connectivity index (χ1) is 11.0. The largest absolute Gasteiger partial charge is 0.464 e. The number of carbonyl (C=O) groups is 3. The van der Waals surface area contributed by atoms with Crippen LogP contribution in [0.15, 0.2) is 29.2 Å². The number of nitrogens with zero attached hydrogens (tertiary/aromatic N) is 1. The minimum Gasteiger partial charge on any atom is -0.464 e. The highest BCUT2D eigenvalue weighted by Crippen LogP contribution is 2.33. The molecule has 5 nitrogen and oxygen atoms in total. The highest BCUT2D eigenvalue weighted by Gasteiger charge is 2.41. The number of hydrogen-bond acceptors (Lipinski definition) is 5. The maximum absolute atomic E-state index is 12.4. The van der Waals surface area contributed by atoms with Crippen molar-refractivity contribution in [2.45, 2.75) is 33.2 Å². The zero-order chi connectivity index (χ0) is 17.0. The second kappa shape index (κ2) is 7.46. The number of thioether (sulfide) groups is 1. The maximum atomic E-state index is 12.4. The molecule has 1 aromatic carbocycles. The molecule has 6 heteroatoms. The normalized spacial score (nSPS) is 17.7.